The monoisotopic (exact) mass is 275 g/mol. The van der Waals surface area contributed by atoms with Crippen molar-refractivity contribution in [3.8, 4) is 5.75 Å². The maximum absolute atomic E-state index is 12.4. The third-order valence-corrected chi connectivity index (χ3v) is 4.23. The number of aromatic hydroxyl groups is 1. The van der Waals surface area contributed by atoms with Crippen LogP contribution in [0.4, 0.5) is 0 Å². The summed E-state index contributed by atoms with van der Waals surface area (Å²) in [5.74, 6) is 1.14. The van der Waals surface area contributed by atoms with Crippen LogP contribution in [0.1, 0.15) is 44.6 Å². The van der Waals surface area contributed by atoms with Crippen molar-refractivity contribution in [2.45, 2.75) is 45.4 Å². The van der Waals surface area contributed by atoms with Crippen LogP contribution in [0.3, 0.4) is 0 Å². The Hall–Kier alpha value is -1.51. The second-order valence-electron chi connectivity index (χ2n) is 5.77. The number of hydrogen-bond acceptors (Lipinski definition) is 2. The average molecular weight is 275 g/mol. The van der Waals surface area contributed by atoms with Gasteiger partial charge >= 0.3 is 0 Å². The fraction of sp³-hybridized carbons (Fsp3) is 0.588. The molecule has 1 amide bonds. The maximum Gasteiger partial charge on any atom is 0.227 e. The third-order valence-electron chi connectivity index (χ3n) is 4.23. The molecule has 1 unspecified atom stereocenters. The highest BCUT2D eigenvalue weighted by molar-refractivity contribution is 5.79. The predicted octanol–water partition coefficient (Wildman–Crippen LogP) is 3.36. The number of nitrogens with zero attached hydrogens (tertiary/aromatic N) is 1. The van der Waals surface area contributed by atoms with Crippen LogP contribution in [0.2, 0.25) is 0 Å². The molecule has 1 saturated heterocycles. The van der Waals surface area contributed by atoms with Crippen molar-refractivity contribution in [1.82, 2.24) is 4.90 Å². The molecule has 0 spiro atoms. The summed E-state index contributed by atoms with van der Waals surface area (Å²) in [6.07, 6.45) is 6.30. The van der Waals surface area contributed by atoms with E-state index in [0.717, 1.165) is 37.4 Å². The fourth-order valence-electron chi connectivity index (χ4n) is 3.05. The minimum absolute atomic E-state index is 0.142. The number of hydrogen-bond donors (Lipinski definition) is 1. The molecule has 1 aromatic carbocycles. The molecule has 1 heterocycles. The molecule has 1 aromatic rings. The minimum Gasteiger partial charge on any atom is -0.508 e. The van der Waals surface area contributed by atoms with Crippen LogP contribution in [0.25, 0.3) is 0 Å². The Balaban J connectivity index is 1.91. The lowest BCUT2D eigenvalue weighted by Crippen LogP contribution is -2.33. The van der Waals surface area contributed by atoms with Crippen LogP contribution in [0.5, 0.6) is 5.75 Å². The molecule has 3 nitrogen and oxygen atoms in total. The van der Waals surface area contributed by atoms with Crippen molar-refractivity contribution in [3.05, 3.63) is 29.8 Å². The van der Waals surface area contributed by atoms with Crippen LogP contribution in [0, 0.1) is 5.92 Å². The van der Waals surface area contributed by atoms with Crippen molar-refractivity contribution >= 4 is 5.91 Å². The first-order valence-electron chi connectivity index (χ1n) is 7.75. The molecule has 0 radical (unpaired) electrons. The highest BCUT2D eigenvalue weighted by Gasteiger charge is 2.20. The van der Waals surface area contributed by atoms with Gasteiger partial charge in [-0.25, -0.2) is 0 Å². The van der Waals surface area contributed by atoms with E-state index in [2.05, 4.69) is 6.92 Å². The van der Waals surface area contributed by atoms with E-state index >= 15 is 0 Å². The van der Waals surface area contributed by atoms with Crippen LogP contribution in [-0.2, 0) is 11.2 Å². The molecule has 1 fully saturated rings. The van der Waals surface area contributed by atoms with Crippen molar-refractivity contribution < 1.29 is 9.90 Å². The zero-order valence-electron chi connectivity index (χ0n) is 12.3. The van der Waals surface area contributed by atoms with Gasteiger partial charge < -0.3 is 10.0 Å². The quantitative estimate of drug-likeness (QED) is 0.915. The number of carbonyl (C=O) groups is 1. The van der Waals surface area contributed by atoms with Crippen LogP contribution >= 0.6 is 0 Å². The predicted molar refractivity (Wildman–Crippen MR) is 80.6 cm³/mol. The smallest absolute Gasteiger partial charge is 0.227 e. The molecule has 0 aliphatic carbocycles. The molecule has 1 atom stereocenters. The van der Waals surface area contributed by atoms with Gasteiger partial charge in [-0.2, -0.15) is 0 Å². The number of phenols is 1. The van der Waals surface area contributed by atoms with Crippen molar-refractivity contribution in [3.63, 3.8) is 0 Å². The molecular weight excluding hydrogens is 250 g/mol. The van der Waals surface area contributed by atoms with Gasteiger partial charge in [0.2, 0.25) is 5.91 Å². The number of amides is 1. The Morgan fingerprint density at radius 2 is 2.10 bits per heavy atom. The normalized spacial score (nSPS) is 19.6. The Morgan fingerprint density at radius 3 is 2.85 bits per heavy atom. The average Bonchev–Trinajstić information content (AvgIpc) is 2.67. The molecule has 0 bridgehead atoms. The van der Waals surface area contributed by atoms with Crippen molar-refractivity contribution in [1.29, 1.82) is 0 Å². The van der Waals surface area contributed by atoms with Crippen molar-refractivity contribution in [2.75, 3.05) is 13.1 Å². The summed E-state index contributed by atoms with van der Waals surface area (Å²) in [6.45, 7) is 3.97. The van der Waals surface area contributed by atoms with Gasteiger partial charge in [0.1, 0.15) is 5.75 Å². The third kappa shape index (κ3) is 3.99. The fourth-order valence-corrected chi connectivity index (χ4v) is 3.05. The Bertz CT molecular complexity index is 444. The molecular formula is C17H25NO2. The largest absolute Gasteiger partial charge is 0.508 e. The molecule has 3 heteroatoms. The maximum atomic E-state index is 12.4. The Kier molecular flexibility index (Phi) is 5.45. The van der Waals surface area contributed by atoms with Crippen LogP contribution in [0.15, 0.2) is 24.3 Å². The summed E-state index contributed by atoms with van der Waals surface area (Å²) in [5.41, 5.74) is 0.729. The summed E-state index contributed by atoms with van der Waals surface area (Å²) in [6, 6.07) is 7.11. The topological polar surface area (TPSA) is 40.5 Å². The number of benzene rings is 1. The summed E-state index contributed by atoms with van der Waals surface area (Å²) in [4.78, 5) is 14.3. The van der Waals surface area contributed by atoms with Gasteiger partial charge in [0.05, 0.1) is 6.42 Å². The Morgan fingerprint density at radius 1 is 1.30 bits per heavy atom. The summed E-state index contributed by atoms with van der Waals surface area (Å²) >= 11 is 0. The van der Waals surface area contributed by atoms with Gasteiger partial charge in [0.15, 0.2) is 0 Å². The van der Waals surface area contributed by atoms with E-state index in [1.807, 2.05) is 17.0 Å². The van der Waals surface area contributed by atoms with Crippen molar-refractivity contribution in [2.24, 2.45) is 5.92 Å². The summed E-state index contributed by atoms with van der Waals surface area (Å²) < 4.78 is 0. The summed E-state index contributed by atoms with van der Waals surface area (Å²) in [7, 11) is 0. The number of para-hydroxylation sites is 1. The number of rotatable bonds is 4. The molecule has 0 aromatic heterocycles. The first-order valence-corrected chi connectivity index (χ1v) is 7.75. The van der Waals surface area contributed by atoms with Gasteiger partial charge in [0.25, 0.3) is 0 Å². The van der Waals surface area contributed by atoms with E-state index in [9.17, 15) is 9.90 Å². The lowest BCUT2D eigenvalue weighted by atomic mass is 9.96. The molecule has 2 rings (SSSR count). The molecule has 110 valence electrons. The van der Waals surface area contributed by atoms with E-state index in [0.29, 0.717) is 6.42 Å². The SMILES string of the molecule is CCCC1CCCN(C(=O)Cc2ccccc2O)CC1. The van der Waals surface area contributed by atoms with Gasteiger partial charge in [-0.05, 0) is 31.2 Å². The first-order chi connectivity index (χ1) is 9.70. The number of phenolic OH excluding ortho intramolecular Hbond substituents is 1. The standard InChI is InChI=1S/C17H25NO2/c1-2-6-14-7-5-11-18(12-10-14)17(20)13-15-8-3-4-9-16(15)19/h3-4,8-9,14,19H,2,5-7,10-13H2,1H3. The highest BCUT2D eigenvalue weighted by Crippen LogP contribution is 2.23. The van der Waals surface area contributed by atoms with E-state index in [1.54, 1.807) is 12.1 Å². The zero-order valence-corrected chi connectivity index (χ0v) is 12.3. The molecule has 1 aliphatic heterocycles. The number of likely N-dealkylation sites (tertiary alicyclic amines) is 1. The van der Waals surface area contributed by atoms with E-state index in [4.69, 9.17) is 0 Å². The van der Waals surface area contributed by atoms with E-state index < -0.39 is 0 Å². The summed E-state index contributed by atoms with van der Waals surface area (Å²) in [5, 5.41) is 9.75. The molecule has 1 aliphatic rings. The zero-order chi connectivity index (χ0) is 14.4. The number of carbonyl (C=O) groups excluding carboxylic acids is 1. The molecule has 0 saturated carbocycles. The highest BCUT2D eigenvalue weighted by atomic mass is 16.3. The first kappa shape index (κ1) is 14.9. The lowest BCUT2D eigenvalue weighted by Gasteiger charge is -2.21. The van der Waals surface area contributed by atoms with E-state index in [-0.39, 0.29) is 11.7 Å². The Labute approximate surface area is 121 Å². The van der Waals surface area contributed by atoms with Gasteiger partial charge in [-0.15, -0.1) is 0 Å². The van der Waals surface area contributed by atoms with E-state index in [1.165, 1.54) is 19.3 Å². The van der Waals surface area contributed by atoms with Gasteiger partial charge in [-0.1, -0.05) is 38.0 Å². The molecule has 1 N–H and O–H groups in total. The lowest BCUT2D eigenvalue weighted by molar-refractivity contribution is -0.130. The second-order valence-corrected chi connectivity index (χ2v) is 5.77. The minimum atomic E-state index is 0.142. The van der Waals surface area contributed by atoms with Crippen LogP contribution < -0.4 is 0 Å². The van der Waals surface area contributed by atoms with Gasteiger partial charge in [0, 0.05) is 18.7 Å². The molecule has 20 heavy (non-hydrogen) atoms. The van der Waals surface area contributed by atoms with Crippen LogP contribution in [-0.4, -0.2) is 29.0 Å². The van der Waals surface area contributed by atoms with Gasteiger partial charge in [-0.3, -0.25) is 4.79 Å². The second kappa shape index (κ2) is 7.32.